The highest BCUT2D eigenvalue weighted by molar-refractivity contribution is 7.15. The minimum Gasteiger partial charge on any atom is -0.497 e. The third-order valence-corrected chi connectivity index (χ3v) is 6.30. The van der Waals surface area contributed by atoms with Crippen LogP contribution in [0.25, 0.3) is 21.9 Å². The van der Waals surface area contributed by atoms with Gasteiger partial charge in [0.2, 0.25) is 0 Å². The zero-order chi connectivity index (χ0) is 26.5. The maximum absolute atomic E-state index is 12.7. The third-order valence-electron chi connectivity index (χ3n) is 5.41. The Labute approximate surface area is 215 Å². The number of fused-ring (bicyclic) bond motifs is 1. The minimum absolute atomic E-state index is 0.0874. The maximum atomic E-state index is 12.7. The summed E-state index contributed by atoms with van der Waals surface area (Å²) in [5, 5.41) is 9.25. The predicted octanol–water partition coefficient (Wildman–Crippen LogP) is 3.64. The number of methoxy groups -OCH3 is 1. The number of esters is 2. The van der Waals surface area contributed by atoms with Crippen molar-refractivity contribution in [1.29, 1.82) is 0 Å². The topological polar surface area (TPSA) is 126 Å². The first kappa shape index (κ1) is 25.6. The summed E-state index contributed by atoms with van der Waals surface area (Å²) in [7, 11) is 2.98. The molecule has 0 saturated carbocycles. The van der Waals surface area contributed by atoms with Gasteiger partial charge in [0, 0.05) is 23.4 Å². The number of nitrogens with one attached hydrogen (secondary N) is 1. The van der Waals surface area contributed by atoms with Crippen molar-refractivity contribution in [2.75, 3.05) is 25.6 Å². The van der Waals surface area contributed by atoms with Gasteiger partial charge in [0.05, 0.1) is 19.1 Å². The summed E-state index contributed by atoms with van der Waals surface area (Å²) in [6, 6.07) is 13.6. The molecule has 0 bridgehead atoms. The van der Waals surface area contributed by atoms with Crippen LogP contribution in [-0.2, 0) is 21.3 Å². The van der Waals surface area contributed by atoms with Gasteiger partial charge in [0.25, 0.3) is 11.5 Å². The fourth-order valence-corrected chi connectivity index (χ4v) is 4.63. The molecule has 0 unspecified atom stereocenters. The molecule has 0 aliphatic heterocycles. The number of hydrogen-bond acceptors (Lipinski definition) is 9. The Morgan fingerprint density at radius 1 is 1.00 bits per heavy atom. The summed E-state index contributed by atoms with van der Waals surface area (Å²) in [4.78, 5) is 50.4. The number of benzene rings is 2. The number of thiophene rings is 1. The standard InChI is InChI=1S/C26H23N3O7S/c1-4-35-25(32)21-19(15-9-11-16(34-3)12-10-15)14-37-23(21)27-20(30)13-36-26(33)22-17-7-5-6-8-18(17)24(31)29(2)28-22/h5-12,14H,4,13H2,1-3H3,(H,27,30). The van der Waals surface area contributed by atoms with E-state index in [4.69, 9.17) is 14.2 Å². The molecule has 0 fully saturated rings. The van der Waals surface area contributed by atoms with Gasteiger partial charge in [-0.25, -0.2) is 14.3 Å². The Kier molecular flexibility index (Phi) is 7.63. The number of rotatable bonds is 8. The molecule has 0 atom stereocenters. The van der Waals surface area contributed by atoms with E-state index < -0.39 is 24.5 Å². The van der Waals surface area contributed by atoms with Gasteiger partial charge in [-0.3, -0.25) is 9.59 Å². The molecule has 4 aromatic rings. The molecule has 1 N–H and O–H groups in total. The molecule has 11 heteroatoms. The second kappa shape index (κ2) is 11.0. The van der Waals surface area contributed by atoms with Gasteiger partial charge < -0.3 is 19.5 Å². The average Bonchev–Trinajstić information content (AvgIpc) is 3.33. The van der Waals surface area contributed by atoms with Crippen molar-refractivity contribution < 1.29 is 28.6 Å². The third kappa shape index (κ3) is 5.36. The van der Waals surface area contributed by atoms with E-state index in [0.29, 0.717) is 22.1 Å². The van der Waals surface area contributed by atoms with E-state index in [2.05, 4.69) is 10.4 Å². The summed E-state index contributed by atoms with van der Waals surface area (Å²) >= 11 is 1.14. The lowest BCUT2D eigenvalue weighted by Gasteiger charge is -2.10. The van der Waals surface area contributed by atoms with Crippen LogP contribution in [-0.4, -0.2) is 47.9 Å². The van der Waals surface area contributed by atoms with Crippen LogP contribution in [0, 0.1) is 0 Å². The summed E-state index contributed by atoms with van der Waals surface area (Å²) in [6.45, 7) is 1.21. The summed E-state index contributed by atoms with van der Waals surface area (Å²) < 4.78 is 16.6. The molecule has 190 valence electrons. The van der Waals surface area contributed by atoms with Crippen LogP contribution < -0.4 is 15.6 Å². The number of anilines is 1. The van der Waals surface area contributed by atoms with Crippen molar-refractivity contribution in [1.82, 2.24) is 9.78 Å². The predicted molar refractivity (Wildman–Crippen MR) is 138 cm³/mol. The first-order valence-corrected chi connectivity index (χ1v) is 12.1. The molecule has 0 aliphatic rings. The molecule has 1 amide bonds. The van der Waals surface area contributed by atoms with Gasteiger partial charge in [-0.2, -0.15) is 5.10 Å². The zero-order valence-electron chi connectivity index (χ0n) is 20.3. The minimum atomic E-state index is -0.863. The van der Waals surface area contributed by atoms with Crippen molar-refractivity contribution >= 4 is 45.0 Å². The molecule has 2 aromatic carbocycles. The molecule has 0 saturated heterocycles. The van der Waals surface area contributed by atoms with E-state index in [1.807, 2.05) is 0 Å². The second-order valence-electron chi connectivity index (χ2n) is 7.75. The maximum Gasteiger partial charge on any atom is 0.359 e. The average molecular weight is 522 g/mol. The van der Waals surface area contributed by atoms with Crippen LogP contribution in [0.2, 0.25) is 0 Å². The van der Waals surface area contributed by atoms with Gasteiger partial charge in [0.1, 0.15) is 16.3 Å². The van der Waals surface area contributed by atoms with Crippen molar-refractivity contribution in [2.45, 2.75) is 6.92 Å². The largest absolute Gasteiger partial charge is 0.497 e. The lowest BCUT2D eigenvalue weighted by atomic mass is 10.0. The Balaban J connectivity index is 1.53. The zero-order valence-corrected chi connectivity index (χ0v) is 21.1. The van der Waals surface area contributed by atoms with Crippen molar-refractivity contribution in [3.63, 3.8) is 0 Å². The normalized spacial score (nSPS) is 10.7. The summed E-state index contributed by atoms with van der Waals surface area (Å²) in [6.07, 6.45) is 0. The van der Waals surface area contributed by atoms with Crippen LogP contribution >= 0.6 is 11.3 Å². The summed E-state index contributed by atoms with van der Waals surface area (Å²) in [5.74, 6) is -1.45. The molecular weight excluding hydrogens is 498 g/mol. The smallest absolute Gasteiger partial charge is 0.359 e. The summed E-state index contributed by atoms with van der Waals surface area (Å²) in [5.41, 5.74) is 1.07. The van der Waals surface area contributed by atoms with Crippen LogP contribution in [0.1, 0.15) is 27.8 Å². The number of aryl methyl sites for hydroxylation is 1. The SMILES string of the molecule is CCOC(=O)c1c(-c2ccc(OC)cc2)csc1NC(=O)COC(=O)c1nn(C)c(=O)c2ccccc12. The van der Waals surface area contributed by atoms with Crippen LogP contribution in [0.15, 0.2) is 58.7 Å². The van der Waals surface area contributed by atoms with Gasteiger partial charge in [-0.15, -0.1) is 11.3 Å². The van der Waals surface area contributed by atoms with Crippen LogP contribution in [0.4, 0.5) is 5.00 Å². The van der Waals surface area contributed by atoms with E-state index >= 15 is 0 Å². The molecule has 37 heavy (non-hydrogen) atoms. The number of nitrogens with zero attached hydrogens (tertiary/aromatic N) is 2. The Bertz CT molecular complexity index is 1540. The molecule has 0 spiro atoms. The first-order chi connectivity index (χ1) is 17.8. The fraction of sp³-hybridized carbons (Fsp3) is 0.192. The molecule has 2 aromatic heterocycles. The highest BCUT2D eigenvalue weighted by Crippen LogP contribution is 2.36. The Morgan fingerprint density at radius 3 is 2.38 bits per heavy atom. The van der Waals surface area contributed by atoms with Crippen molar-refractivity contribution in [3.8, 4) is 16.9 Å². The van der Waals surface area contributed by atoms with Crippen molar-refractivity contribution in [2.24, 2.45) is 7.05 Å². The molecule has 10 nitrogen and oxygen atoms in total. The van der Waals surface area contributed by atoms with E-state index in [1.165, 1.54) is 7.05 Å². The Hall–Kier alpha value is -4.51. The monoisotopic (exact) mass is 521 g/mol. The molecular formula is C26H23N3O7S. The molecule has 0 aliphatic carbocycles. The number of aromatic nitrogens is 2. The highest BCUT2D eigenvalue weighted by atomic mass is 32.1. The van der Waals surface area contributed by atoms with Crippen LogP contribution in [0.5, 0.6) is 5.75 Å². The van der Waals surface area contributed by atoms with Gasteiger partial charge in [0.15, 0.2) is 12.3 Å². The van der Waals surface area contributed by atoms with Crippen LogP contribution in [0.3, 0.4) is 0 Å². The van der Waals surface area contributed by atoms with Gasteiger partial charge in [-0.1, -0.05) is 30.3 Å². The number of carbonyl (C=O) groups is 3. The fourth-order valence-electron chi connectivity index (χ4n) is 3.65. The second-order valence-corrected chi connectivity index (χ2v) is 8.63. The quantitative estimate of drug-likeness (QED) is 0.348. The van der Waals surface area contributed by atoms with E-state index in [-0.39, 0.29) is 28.4 Å². The van der Waals surface area contributed by atoms with Crippen molar-refractivity contribution in [3.05, 3.63) is 75.5 Å². The molecule has 0 radical (unpaired) electrons. The highest BCUT2D eigenvalue weighted by Gasteiger charge is 2.24. The number of hydrogen-bond donors (Lipinski definition) is 1. The van der Waals surface area contributed by atoms with E-state index in [9.17, 15) is 19.2 Å². The van der Waals surface area contributed by atoms with Gasteiger partial charge >= 0.3 is 11.9 Å². The van der Waals surface area contributed by atoms with E-state index in [0.717, 1.165) is 21.6 Å². The molecule has 2 heterocycles. The number of ether oxygens (including phenoxy) is 3. The number of amides is 1. The van der Waals surface area contributed by atoms with E-state index in [1.54, 1.807) is 67.9 Å². The lowest BCUT2D eigenvalue weighted by molar-refractivity contribution is -0.119. The number of carbonyl (C=O) groups excluding carboxylic acids is 3. The van der Waals surface area contributed by atoms with Gasteiger partial charge in [-0.05, 0) is 30.7 Å². The Morgan fingerprint density at radius 2 is 1.70 bits per heavy atom. The lowest BCUT2D eigenvalue weighted by Crippen LogP contribution is -2.26. The molecule has 4 rings (SSSR count). The first-order valence-electron chi connectivity index (χ1n) is 11.2.